The molecule has 0 saturated carbocycles. The molecule has 35 heavy (non-hydrogen) atoms. The fraction of sp³-hybridized carbons (Fsp3) is 0.0435. The van der Waals surface area contributed by atoms with Gasteiger partial charge in [0, 0.05) is 16.6 Å². The SMILES string of the molecule is Cc1ccc(F)c(S(=O)(=O)Nc2ccc(-c3cnc4c(NC(=O)c5ccsc5)n[nH]c4n3)cc2)c1. The van der Waals surface area contributed by atoms with E-state index in [-0.39, 0.29) is 17.4 Å². The summed E-state index contributed by atoms with van der Waals surface area (Å²) in [5.74, 6) is -0.855. The first-order valence-electron chi connectivity index (χ1n) is 10.2. The molecule has 0 aliphatic rings. The number of halogens is 1. The van der Waals surface area contributed by atoms with Crippen LogP contribution >= 0.6 is 11.3 Å². The van der Waals surface area contributed by atoms with Crippen molar-refractivity contribution in [1.29, 1.82) is 0 Å². The fourth-order valence-corrected chi connectivity index (χ4v) is 5.20. The van der Waals surface area contributed by atoms with E-state index in [0.29, 0.717) is 33.5 Å². The first kappa shape index (κ1) is 22.6. The highest BCUT2D eigenvalue weighted by molar-refractivity contribution is 7.92. The molecule has 0 radical (unpaired) electrons. The zero-order valence-corrected chi connectivity index (χ0v) is 19.7. The summed E-state index contributed by atoms with van der Waals surface area (Å²) >= 11 is 1.42. The first-order chi connectivity index (χ1) is 16.8. The standard InChI is InChI=1S/C23H17FN6O3S2/c1-13-2-7-17(24)19(10-13)35(32,33)30-16-5-3-14(4-6-16)18-11-25-20-21(26-18)28-29-22(20)27-23(31)15-8-9-34-12-15/h2-12,30H,1H3,(H2,26,27,28,29,31). The van der Waals surface area contributed by atoms with Crippen LogP contribution in [0.5, 0.6) is 0 Å². The van der Waals surface area contributed by atoms with Gasteiger partial charge in [-0.2, -0.15) is 16.4 Å². The summed E-state index contributed by atoms with van der Waals surface area (Å²) in [5.41, 5.74) is 3.38. The Kier molecular flexibility index (Phi) is 5.75. The second-order valence-electron chi connectivity index (χ2n) is 7.61. The highest BCUT2D eigenvalue weighted by atomic mass is 32.2. The van der Waals surface area contributed by atoms with Crippen molar-refractivity contribution < 1.29 is 17.6 Å². The van der Waals surface area contributed by atoms with E-state index in [1.165, 1.54) is 29.7 Å². The van der Waals surface area contributed by atoms with Gasteiger partial charge >= 0.3 is 0 Å². The number of anilines is 2. The zero-order chi connectivity index (χ0) is 24.6. The molecule has 5 rings (SSSR count). The Balaban J connectivity index is 1.35. The Bertz CT molecular complexity index is 1650. The fourth-order valence-electron chi connectivity index (χ4n) is 3.34. The van der Waals surface area contributed by atoms with Gasteiger partial charge in [-0.25, -0.2) is 22.8 Å². The Morgan fingerprint density at radius 2 is 1.91 bits per heavy atom. The van der Waals surface area contributed by atoms with Crippen molar-refractivity contribution in [2.45, 2.75) is 11.8 Å². The summed E-state index contributed by atoms with van der Waals surface area (Å²) in [5, 5.41) is 13.1. The predicted octanol–water partition coefficient (Wildman–Crippen LogP) is 4.58. The Morgan fingerprint density at radius 1 is 1.11 bits per heavy atom. The van der Waals surface area contributed by atoms with Crippen LogP contribution in [0.1, 0.15) is 15.9 Å². The quantitative estimate of drug-likeness (QED) is 0.308. The van der Waals surface area contributed by atoms with E-state index in [0.717, 1.165) is 6.07 Å². The predicted molar refractivity (Wildman–Crippen MR) is 131 cm³/mol. The molecule has 0 fully saturated rings. The van der Waals surface area contributed by atoms with Gasteiger partial charge in [-0.3, -0.25) is 14.6 Å². The van der Waals surface area contributed by atoms with Crippen LogP contribution in [-0.2, 0) is 10.0 Å². The maximum absolute atomic E-state index is 14.1. The van der Waals surface area contributed by atoms with E-state index in [9.17, 15) is 17.6 Å². The number of carbonyl (C=O) groups excluding carboxylic acids is 1. The normalized spacial score (nSPS) is 11.5. The van der Waals surface area contributed by atoms with Crippen molar-refractivity contribution in [3.63, 3.8) is 0 Å². The largest absolute Gasteiger partial charge is 0.303 e. The van der Waals surface area contributed by atoms with E-state index < -0.39 is 20.7 Å². The maximum atomic E-state index is 14.1. The number of carbonyl (C=O) groups is 1. The van der Waals surface area contributed by atoms with Crippen LogP contribution in [0.25, 0.3) is 22.4 Å². The van der Waals surface area contributed by atoms with Crippen LogP contribution < -0.4 is 10.0 Å². The highest BCUT2D eigenvalue weighted by Gasteiger charge is 2.20. The summed E-state index contributed by atoms with van der Waals surface area (Å²) in [4.78, 5) is 20.7. The lowest BCUT2D eigenvalue weighted by atomic mass is 10.1. The number of benzene rings is 2. The lowest BCUT2D eigenvalue weighted by molar-refractivity contribution is 0.102. The van der Waals surface area contributed by atoms with Crippen molar-refractivity contribution in [2.24, 2.45) is 0 Å². The van der Waals surface area contributed by atoms with Crippen molar-refractivity contribution in [3.05, 3.63) is 82.4 Å². The van der Waals surface area contributed by atoms with E-state index in [4.69, 9.17) is 0 Å². The van der Waals surface area contributed by atoms with Crippen molar-refractivity contribution in [1.82, 2.24) is 20.2 Å². The number of sulfonamides is 1. The smallest absolute Gasteiger partial charge is 0.264 e. The van der Waals surface area contributed by atoms with Crippen LogP contribution in [0.3, 0.4) is 0 Å². The molecule has 1 amide bonds. The van der Waals surface area contributed by atoms with Crippen LogP contribution in [-0.4, -0.2) is 34.5 Å². The van der Waals surface area contributed by atoms with E-state index >= 15 is 0 Å². The van der Waals surface area contributed by atoms with Gasteiger partial charge in [0.05, 0.1) is 17.5 Å². The highest BCUT2D eigenvalue weighted by Crippen LogP contribution is 2.25. The second-order valence-corrected chi connectivity index (χ2v) is 10.0. The maximum Gasteiger partial charge on any atom is 0.264 e. The van der Waals surface area contributed by atoms with Crippen LogP contribution in [0.2, 0.25) is 0 Å². The monoisotopic (exact) mass is 508 g/mol. The topological polar surface area (TPSA) is 130 Å². The van der Waals surface area contributed by atoms with Gasteiger partial charge in [0.2, 0.25) is 0 Å². The number of thiophene rings is 1. The first-order valence-corrected chi connectivity index (χ1v) is 12.7. The molecule has 12 heteroatoms. The van der Waals surface area contributed by atoms with Crippen molar-refractivity contribution in [3.8, 4) is 11.3 Å². The van der Waals surface area contributed by atoms with Crippen molar-refractivity contribution >= 4 is 49.9 Å². The third kappa shape index (κ3) is 4.61. The summed E-state index contributed by atoms with van der Waals surface area (Å²) in [7, 11) is -4.10. The molecule has 3 heterocycles. The Labute approximate surface area is 203 Å². The van der Waals surface area contributed by atoms with E-state index in [2.05, 4.69) is 30.2 Å². The van der Waals surface area contributed by atoms with Gasteiger partial charge in [-0.1, -0.05) is 18.2 Å². The minimum Gasteiger partial charge on any atom is -0.303 e. The van der Waals surface area contributed by atoms with E-state index in [1.54, 1.807) is 48.0 Å². The van der Waals surface area contributed by atoms with Gasteiger partial charge in [0.1, 0.15) is 10.7 Å². The molecule has 0 aliphatic heterocycles. The molecule has 0 aliphatic carbocycles. The van der Waals surface area contributed by atoms with Crippen LogP contribution in [0.4, 0.5) is 15.9 Å². The summed E-state index contributed by atoms with van der Waals surface area (Å²) in [6, 6.07) is 12.0. The molecule has 2 aromatic carbocycles. The molecular weight excluding hydrogens is 491 g/mol. The number of aromatic amines is 1. The Hall–Kier alpha value is -4.16. The Morgan fingerprint density at radius 3 is 2.66 bits per heavy atom. The molecule has 5 aromatic rings. The number of hydrogen-bond donors (Lipinski definition) is 3. The van der Waals surface area contributed by atoms with Crippen LogP contribution in [0, 0.1) is 12.7 Å². The minimum absolute atomic E-state index is 0.267. The lowest BCUT2D eigenvalue weighted by Gasteiger charge is -2.10. The number of aromatic nitrogens is 4. The molecule has 176 valence electrons. The number of hydrogen-bond acceptors (Lipinski definition) is 7. The number of aryl methyl sites for hydroxylation is 1. The average molecular weight is 509 g/mol. The molecule has 0 saturated heterocycles. The van der Waals surface area contributed by atoms with Gasteiger partial charge in [0.25, 0.3) is 15.9 Å². The summed E-state index contributed by atoms with van der Waals surface area (Å²) < 4.78 is 41.7. The van der Waals surface area contributed by atoms with Crippen LogP contribution in [0.15, 0.2) is 70.4 Å². The molecule has 3 N–H and O–H groups in total. The number of fused-ring (bicyclic) bond motifs is 1. The number of nitrogens with one attached hydrogen (secondary N) is 3. The number of H-pyrrole nitrogens is 1. The molecule has 9 nitrogen and oxygen atoms in total. The van der Waals surface area contributed by atoms with Gasteiger partial charge in [-0.15, -0.1) is 0 Å². The van der Waals surface area contributed by atoms with Crippen molar-refractivity contribution in [2.75, 3.05) is 10.0 Å². The number of rotatable bonds is 6. The molecule has 3 aromatic heterocycles. The zero-order valence-electron chi connectivity index (χ0n) is 18.1. The molecule has 0 atom stereocenters. The average Bonchev–Trinajstić information content (AvgIpc) is 3.51. The third-order valence-corrected chi connectivity index (χ3v) is 7.17. The number of amides is 1. The van der Waals surface area contributed by atoms with Gasteiger partial charge in [-0.05, 0) is 48.2 Å². The second kappa shape index (κ2) is 8.89. The van der Waals surface area contributed by atoms with Gasteiger partial charge in [0.15, 0.2) is 17.0 Å². The minimum atomic E-state index is -4.10. The van der Waals surface area contributed by atoms with Gasteiger partial charge < -0.3 is 5.32 Å². The molecular formula is C23H17FN6O3S2. The summed E-state index contributed by atoms with van der Waals surface area (Å²) in [6.07, 6.45) is 1.53. The third-order valence-electron chi connectivity index (χ3n) is 5.09. The lowest BCUT2D eigenvalue weighted by Crippen LogP contribution is -2.14. The summed E-state index contributed by atoms with van der Waals surface area (Å²) in [6.45, 7) is 1.69. The number of nitrogens with zero attached hydrogens (tertiary/aromatic N) is 3. The molecule has 0 bridgehead atoms. The van der Waals surface area contributed by atoms with E-state index in [1.807, 2.05) is 0 Å². The molecule has 0 spiro atoms. The molecule has 0 unspecified atom stereocenters.